The van der Waals surface area contributed by atoms with Crippen LogP contribution in [0.3, 0.4) is 0 Å². The molecule has 174 valence electrons. The van der Waals surface area contributed by atoms with Crippen LogP contribution < -0.4 is 4.74 Å². The SMILES string of the molecule is CN(CCOCc1ccccc1)CCOc1cccc2c1CCN(C(=O)OC(C)(C)C)C2. The third kappa shape index (κ3) is 7.53. The summed E-state index contributed by atoms with van der Waals surface area (Å²) in [5.41, 5.74) is 3.03. The molecule has 1 aliphatic rings. The predicted octanol–water partition coefficient (Wildman–Crippen LogP) is 4.51. The number of fused-ring (bicyclic) bond motifs is 1. The van der Waals surface area contributed by atoms with Gasteiger partial charge in [-0.3, -0.25) is 0 Å². The number of carbonyl (C=O) groups excluding carboxylic acids is 1. The molecule has 0 saturated heterocycles. The van der Waals surface area contributed by atoms with Crippen molar-refractivity contribution in [3.63, 3.8) is 0 Å². The van der Waals surface area contributed by atoms with Crippen LogP contribution in [0.2, 0.25) is 0 Å². The lowest BCUT2D eigenvalue weighted by Gasteiger charge is -2.32. The fraction of sp³-hybridized carbons (Fsp3) is 0.500. The van der Waals surface area contributed by atoms with Crippen molar-refractivity contribution < 1.29 is 19.0 Å². The lowest BCUT2D eigenvalue weighted by atomic mass is 9.99. The fourth-order valence-corrected chi connectivity index (χ4v) is 3.60. The molecule has 6 heteroatoms. The number of carbonyl (C=O) groups is 1. The third-order valence-corrected chi connectivity index (χ3v) is 5.33. The first-order chi connectivity index (χ1) is 15.3. The van der Waals surface area contributed by atoms with E-state index < -0.39 is 5.60 Å². The first-order valence-corrected chi connectivity index (χ1v) is 11.3. The molecule has 32 heavy (non-hydrogen) atoms. The normalized spacial score (nSPS) is 13.7. The number of ether oxygens (including phenoxy) is 3. The summed E-state index contributed by atoms with van der Waals surface area (Å²) in [4.78, 5) is 16.4. The van der Waals surface area contributed by atoms with Gasteiger partial charge in [0.1, 0.15) is 18.0 Å². The van der Waals surface area contributed by atoms with Crippen LogP contribution in [0, 0.1) is 0 Å². The molecule has 1 amide bonds. The van der Waals surface area contributed by atoms with E-state index in [0.29, 0.717) is 32.9 Å². The van der Waals surface area contributed by atoms with Crippen molar-refractivity contribution in [2.75, 3.05) is 39.9 Å². The Bertz CT molecular complexity index is 864. The van der Waals surface area contributed by atoms with Gasteiger partial charge in [-0.2, -0.15) is 0 Å². The first kappa shape index (κ1) is 24.1. The highest BCUT2D eigenvalue weighted by molar-refractivity contribution is 5.69. The van der Waals surface area contributed by atoms with Gasteiger partial charge in [0.05, 0.1) is 13.2 Å². The minimum Gasteiger partial charge on any atom is -0.492 e. The second kappa shape index (κ2) is 11.3. The maximum absolute atomic E-state index is 12.4. The van der Waals surface area contributed by atoms with Crippen LogP contribution in [0.5, 0.6) is 5.75 Å². The average molecular weight is 441 g/mol. The van der Waals surface area contributed by atoms with Gasteiger partial charge >= 0.3 is 6.09 Å². The van der Waals surface area contributed by atoms with Crippen molar-refractivity contribution >= 4 is 6.09 Å². The van der Waals surface area contributed by atoms with Gasteiger partial charge < -0.3 is 24.0 Å². The maximum atomic E-state index is 12.4. The van der Waals surface area contributed by atoms with Gasteiger partial charge in [-0.15, -0.1) is 0 Å². The number of likely N-dealkylation sites (N-methyl/N-ethyl adjacent to an activating group) is 1. The van der Waals surface area contributed by atoms with E-state index in [-0.39, 0.29) is 6.09 Å². The van der Waals surface area contributed by atoms with Crippen LogP contribution in [-0.4, -0.2) is 61.4 Å². The summed E-state index contributed by atoms with van der Waals surface area (Å²) in [7, 11) is 2.08. The summed E-state index contributed by atoms with van der Waals surface area (Å²) in [6.45, 7) is 10.5. The molecular weight excluding hydrogens is 404 g/mol. The fourth-order valence-electron chi connectivity index (χ4n) is 3.60. The Labute approximate surface area is 192 Å². The largest absolute Gasteiger partial charge is 0.492 e. The van der Waals surface area contributed by atoms with Gasteiger partial charge in [-0.05, 0) is 51.4 Å². The minimum absolute atomic E-state index is 0.259. The Balaban J connectivity index is 1.41. The quantitative estimate of drug-likeness (QED) is 0.537. The van der Waals surface area contributed by atoms with Gasteiger partial charge in [0.25, 0.3) is 0 Å². The molecule has 0 bridgehead atoms. The number of nitrogens with zero attached hydrogens (tertiary/aromatic N) is 2. The monoisotopic (exact) mass is 440 g/mol. The average Bonchev–Trinajstić information content (AvgIpc) is 2.76. The molecule has 1 heterocycles. The third-order valence-electron chi connectivity index (χ3n) is 5.33. The number of amides is 1. The molecule has 0 N–H and O–H groups in total. The zero-order chi connectivity index (χ0) is 23.0. The molecule has 0 aliphatic carbocycles. The molecule has 0 unspecified atom stereocenters. The van der Waals surface area contributed by atoms with Gasteiger partial charge in [-0.1, -0.05) is 42.5 Å². The lowest BCUT2D eigenvalue weighted by molar-refractivity contribution is 0.0223. The molecule has 0 atom stereocenters. The molecule has 1 aliphatic heterocycles. The molecule has 0 spiro atoms. The maximum Gasteiger partial charge on any atom is 0.410 e. The molecule has 0 fully saturated rings. The van der Waals surface area contributed by atoms with Crippen LogP contribution in [0.4, 0.5) is 4.79 Å². The van der Waals surface area contributed by atoms with Gasteiger partial charge in [0.2, 0.25) is 0 Å². The van der Waals surface area contributed by atoms with E-state index in [4.69, 9.17) is 14.2 Å². The van der Waals surface area contributed by atoms with Crippen LogP contribution in [0.25, 0.3) is 0 Å². The van der Waals surface area contributed by atoms with Crippen molar-refractivity contribution in [2.24, 2.45) is 0 Å². The smallest absolute Gasteiger partial charge is 0.410 e. The van der Waals surface area contributed by atoms with E-state index in [0.717, 1.165) is 30.8 Å². The molecule has 0 aromatic heterocycles. The zero-order valence-electron chi connectivity index (χ0n) is 19.8. The molecular formula is C26H36N2O4. The van der Waals surface area contributed by atoms with Crippen molar-refractivity contribution in [2.45, 2.75) is 45.9 Å². The van der Waals surface area contributed by atoms with E-state index in [2.05, 4.69) is 30.1 Å². The number of benzene rings is 2. The van der Waals surface area contributed by atoms with Crippen LogP contribution >= 0.6 is 0 Å². The molecule has 2 aromatic carbocycles. The van der Waals surface area contributed by atoms with Gasteiger partial charge in [0.15, 0.2) is 0 Å². The van der Waals surface area contributed by atoms with Crippen molar-refractivity contribution in [3.8, 4) is 5.75 Å². The lowest BCUT2D eigenvalue weighted by Crippen LogP contribution is -2.40. The van der Waals surface area contributed by atoms with E-state index in [9.17, 15) is 4.79 Å². The molecule has 0 saturated carbocycles. The first-order valence-electron chi connectivity index (χ1n) is 11.3. The number of hydrogen-bond donors (Lipinski definition) is 0. The zero-order valence-corrected chi connectivity index (χ0v) is 19.8. The highest BCUT2D eigenvalue weighted by Crippen LogP contribution is 2.28. The van der Waals surface area contributed by atoms with Crippen LogP contribution in [0.15, 0.2) is 48.5 Å². The second-order valence-electron chi connectivity index (χ2n) is 9.24. The standard InChI is InChI=1S/C26H36N2O4/c1-26(2,3)32-25(29)28-14-13-23-22(19-28)11-8-12-24(23)31-18-16-27(4)15-17-30-20-21-9-6-5-7-10-21/h5-12H,13-20H2,1-4H3. The van der Waals surface area contributed by atoms with Crippen LogP contribution in [-0.2, 0) is 29.0 Å². The summed E-state index contributed by atoms with van der Waals surface area (Å²) >= 11 is 0. The van der Waals surface area contributed by atoms with E-state index in [1.165, 1.54) is 11.1 Å². The number of hydrogen-bond acceptors (Lipinski definition) is 5. The summed E-state index contributed by atoms with van der Waals surface area (Å²) in [5.74, 6) is 0.917. The van der Waals surface area contributed by atoms with Gasteiger partial charge in [-0.25, -0.2) is 4.79 Å². The topological polar surface area (TPSA) is 51.2 Å². The highest BCUT2D eigenvalue weighted by atomic mass is 16.6. The molecule has 0 radical (unpaired) electrons. The van der Waals surface area contributed by atoms with Crippen LogP contribution in [0.1, 0.15) is 37.5 Å². The van der Waals surface area contributed by atoms with E-state index in [1.54, 1.807) is 4.90 Å². The van der Waals surface area contributed by atoms with Crippen molar-refractivity contribution in [3.05, 3.63) is 65.2 Å². The summed E-state index contributed by atoms with van der Waals surface area (Å²) in [6.07, 6.45) is 0.513. The summed E-state index contributed by atoms with van der Waals surface area (Å²) in [5, 5.41) is 0. The van der Waals surface area contributed by atoms with Gasteiger partial charge in [0, 0.05) is 31.7 Å². The Morgan fingerprint density at radius 1 is 1.03 bits per heavy atom. The minimum atomic E-state index is -0.485. The summed E-state index contributed by atoms with van der Waals surface area (Å²) < 4.78 is 17.4. The predicted molar refractivity (Wildman–Crippen MR) is 126 cm³/mol. The molecule has 3 rings (SSSR count). The second-order valence-corrected chi connectivity index (χ2v) is 9.24. The van der Waals surface area contributed by atoms with E-state index in [1.807, 2.05) is 51.1 Å². The molecule has 6 nitrogen and oxygen atoms in total. The highest BCUT2D eigenvalue weighted by Gasteiger charge is 2.27. The Morgan fingerprint density at radius 2 is 1.78 bits per heavy atom. The Hall–Kier alpha value is -2.57. The van der Waals surface area contributed by atoms with Crippen molar-refractivity contribution in [1.29, 1.82) is 0 Å². The number of rotatable bonds is 9. The molecule has 2 aromatic rings. The Kier molecular flexibility index (Phi) is 8.53. The Morgan fingerprint density at radius 3 is 2.53 bits per heavy atom. The van der Waals surface area contributed by atoms with Crippen molar-refractivity contribution in [1.82, 2.24) is 9.80 Å². The van der Waals surface area contributed by atoms with E-state index >= 15 is 0 Å². The summed E-state index contributed by atoms with van der Waals surface area (Å²) in [6, 6.07) is 16.3.